The number of hydrogen-bond donors (Lipinski definition) is 1. The van der Waals surface area contributed by atoms with E-state index in [0.717, 1.165) is 23.7 Å². The molecule has 1 saturated carbocycles. The van der Waals surface area contributed by atoms with E-state index in [2.05, 4.69) is 4.98 Å². The van der Waals surface area contributed by atoms with E-state index in [1.165, 1.54) is 0 Å². The number of aromatic nitrogens is 1. The number of ketones is 1. The Balaban J connectivity index is 2.01. The topological polar surface area (TPSA) is 56.0 Å². The van der Waals surface area contributed by atoms with Crippen LogP contribution in [0, 0.1) is 5.92 Å². The van der Waals surface area contributed by atoms with Crippen molar-refractivity contribution in [3.05, 3.63) is 42.1 Å². The number of hydrogen-bond acceptors (Lipinski definition) is 3. The average Bonchev–Trinajstić information content (AvgIpc) is 3.22. The molecule has 0 radical (unpaired) electrons. The second kappa shape index (κ2) is 3.89. The van der Waals surface area contributed by atoms with Crippen LogP contribution in [0.15, 0.2) is 36.5 Å². The number of nitrogens with zero attached hydrogens (tertiary/aromatic N) is 1. The van der Waals surface area contributed by atoms with Crippen molar-refractivity contribution in [3.63, 3.8) is 0 Å². The van der Waals surface area contributed by atoms with Crippen LogP contribution in [0.5, 0.6) is 0 Å². The van der Waals surface area contributed by atoms with Gasteiger partial charge in [0.25, 0.3) is 0 Å². The molecule has 0 spiro atoms. The number of fused-ring (bicyclic) bond motifs is 1. The summed E-state index contributed by atoms with van der Waals surface area (Å²) in [6.07, 6.45) is 3.88. The van der Waals surface area contributed by atoms with Gasteiger partial charge in [0, 0.05) is 17.1 Å². The van der Waals surface area contributed by atoms with Crippen molar-refractivity contribution in [1.82, 2.24) is 4.98 Å². The van der Waals surface area contributed by atoms with E-state index >= 15 is 0 Å². The molecule has 3 heteroatoms. The molecule has 3 rings (SSSR count). The molecule has 1 unspecified atom stereocenters. The zero-order valence-electron chi connectivity index (χ0n) is 10.4. The van der Waals surface area contributed by atoms with Crippen LogP contribution >= 0.6 is 0 Å². The number of benzene rings is 1. The van der Waals surface area contributed by atoms with Crippen LogP contribution in [0.25, 0.3) is 10.9 Å². The molecule has 1 atom stereocenters. The van der Waals surface area contributed by atoms with Gasteiger partial charge in [0.15, 0.2) is 5.78 Å². The molecule has 1 aliphatic rings. The average molecular weight is 240 g/mol. The first-order valence-electron chi connectivity index (χ1n) is 6.27. The fourth-order valence-corrected chi connectivity index (χ4v) is 2.40. The number of carbonyl (C=O) groups is 1. The third kappa shape index (κ3) is 1.81. The van der Waals surface area contributed by atoms with Crippen molar-refractivity contribution in [1.29, 1.82) is 0 Å². The van der Waals surface area contributed by atoms with E-state index in [4.69, 9.17) is 5.73 Å². The van der Waals surface area contributed by atoms with E-state index in [1.807, 2.05) is 37.3 Å². The summed E-state index contributed by atoms with van der Waals surface area (Å²) in [6, 6.07) is 9.43. The summed E-state index contributed by atoms with van der Waals surface area (Å²) in [7, 11) is 0. The minimum absolute atomic E-state index is 0.0377. The van der Waals surface area contributed by atoms with Crippen molar-refractivity contribution in [3.8, 4) is 0 Å². The molecule has 1 fully saturated rings. The van der Waals surface area contributed by atoms with Gasteiger partial charge in [-0.1, -0.05) is 6.07 Å². The Morgan fingerprint density at radius 3 is 2.89 bits per heavy atom. The zero-order chi connectivity index (χ0) is 12.8. The Labute approximate surface area is 106 Å². The largest absolute Gasteiger partial charge is 0.319 e. The molecule has 2 aromatic rings. The summed E-state index contributed by atoms with van der Waals surface area (Å²) in [5, 5.41) is 0.981. The lowest BCUT2D eigenvalue weighted by atomic mass is 9.87. The van der Waals surface area contributed by atoms with Gasteiger partial charge in [-0.2, -0.15) is 0 Å². The first kappa shape index (κ1) is 11.4. The van der Waals surface area contributed by atoms with Crippen LogP contribution in [0.2, 0.25) is 0 Å². The van der Waals surface area contributed by atoms with Gasteiger partial charge in [-0.15, -0.1) is 0 Å². The van der Waals surface area contributed by atoms with Crippen LogP contribution in [-0.2, 0) is 0 Å². The van der Waals surface area contributed by atoms with Gasteiger partial charge < -0.3 is 5.73 Å². The molecule has 3 nitrogen and oxygen atoms in total. The van der Waals surface area contributed by atoms with Gasteiger partial charge in [0.05, 0.1) is 11.1 Å². The monoisotopic (exact) mass is 240 g/mol. The highest BCUT2D eigenvalue weighted by atomic mass is 16.1. The smallest absolute Gasteiger partial charge is 0.182 e. The summed E-state index contributed by atoms with van der Waals surface area (Å²) in [4.78, 5) is 16.7. The molecule has 92 valence electrons. The number of rotatable bonds is 3. The normalized spacial score (nSPS) is 18.6. The van der Waals surface area contributed by atoms with Crippen LogP contribution in [0.1, 0.15) is 30.1 Å². The fourth-order valence-electron chi connectivity index (χ4n) is 2.40. The fraction of sp³-hybridized carbons (Fsp3) is 0.333. The Morgan fingerprint density at radius 1 is 1.39 bits per heavy atom. The molecule has 1 heterocycles. The lowest BCUT2D eigenvalue weighted by Gasteiger charge is -2.22. The maximum atomic E-state index is 12.4. The molecule has 0 amide bonds. The standard InChI is InChI=1S/C15H16N2O/c1-15(16,12-5-6-12)14(18)11-4-7-13-10(9-11)3-2-8-17-13/h2-4,7-9,12H,5-6,16H2,1H3. The SMILES string of the molecule is CC(N)(C(=O)c1ccc2ncccc2c1)C1CC1. The van der Waals surface area contributed by atoms with Crippen LogP contribution in [0.3, 0.4) is 0 Å². The second-order valence-corrected chi connectivity index (χ2v) is 5.30. The molecule has 0 aliphatic heterocycles. The highest BCUT2D eigenvalue weighted by Gasteiger charge is 2.44. The lowest BCUT2D eigenvalue weighted by Crippen LogP contribution is -2.47. The minimum Gasteiger partial charge on any atom is -0.319 e. The van der Waals surface area contributed by atoms with Crippen molar-refractivity contribution in [2.45, 2.75) is 25.3 Å². The van der Waals surface area contributed by atoms with Crippen LogP contribution in [-0.4, -0.2) is 16.3 Å². The summed E-state index contributed by atoms with van der Waals surface area (Å²) in [5.74, 6) is 0.380. The molecule has 1 aromatic heterocycles. The zero-order valence-corrected chi connectivity index (χ0v) is 10.4. The Bertz CT molecular complexity index is 615. The Morgan fingerprint density at radius 2 is 2.17 bits per heavy atom. The maximum Gasteiger partial charge on any atom is 0.182 e. The third-order valence-corrected chi connectivity index (χ3v) is 3.78. The molecular weight excluding hydrogens is 224 g/mol. The van der Waals surface area contributed by atoms with E-state index in [9.17, 15) is 4.79 Å². The maximum absolute atomic E-state index is 12.4. The molecule has 1 aliphatic carbocycles. The van der Waals surface area contributed by atoms with Crippen molar-refractivity contribution in [2.75, 3.05) is 0 Å². The van der Waals surface area contributed by atoms with Gasteiger partial charge in [-0.25, -0.2) is 0 Å². The number of carbonyl (C=O) groups excluding carboxylic acids is 1. The summed E-state index contributed by atoms with van der Waals surface area (Å²) in [6.45, 7) is 1.85. The molecule has 1 aromatic carbocycles. The first-order chi connectivity index (χ1) is 8.59. The van der Waals surface area contributed by atoms with Crippen molar-refractivity contribution < 1.29 is 4.79 Å². The molecule has 18 heavy (non-hydrogen) atoms. The Hall–Kier alpha value is -1.74. The van der Waals surface area contributed by atoms with Crippen LogP contribution < -0.4 is 5.73 Å². The molecule has 0 saturated heterocycles. The first-order valence-corrected chi connectivity index (χ1v) is 6.27. The van der Waals surface area contributed by atoms with E-state index in [0.29, 0.717) is 11.5 Å². The summed E-state index contributed by atoms with van der Waals surface area (Å²) < 4.78 is 0. The van der Waals surface area contributed by atoms with E-state index < -0.39 is 5.54 Å². The predicted molar refractivity (Wildman–Crippen MR) is 71.4 cm³/mol. The second-order valence-electron chi connectivity index (χ2n) is 5.30. The minimum atomic E-state index is -0.726. The Kier molecular flexibility index (Phi) is 2.45. The van der Waals surface area contributed by atoms with Gasteiger partial charge in [-0.05, 0) is 49.9 Å². The van der Waals surface area contributed by atoms with Gasteiger partial charge in [-0.3, -0.25) is 9.78 Å². The molecular formula is C15H16N2O. The number of pyridine rings is 1. The quantitative estimate of drug-likeness (QED) is 0.839. The predicted octanol–water partition coefficient (Wildman–Crippen LogP) is 2.54. The van der Waals surface area contributed by atoms with Crippen LogP contribution in [0.4, 0.5) is 0 Å². The van der Waals surface area contributed by atoms with Gasteiger partial charge in [0.2, 0.25) is 0 Å². The van der Waals surface area contributed by atoms with Gasteiger partial charge in [0.1, 0.15) is 0 Å². The third-order valence-electron chi connectivity index (χ3n) is 3.78. The summed E-state index contributed by atoms with van der Waals surface area (Å²) >= 11 is 0. The van der Waals surface area contributed by atoms with E-state index in [1.54, 1.807) is 6.20 Å². The summed E-state index contributed by atoms with van der Waals surface area (Å²) in [5.41, 5.74) is 7.04. The highest BCUT2D eigenvalue weighted by molar-refractivity contribution is 6.05. The van der Waals surface area contributed by atoms with Gasteiger partial charge >= 0.3 is 0 Å². The lowest BCUT2D eigenvalue weighted by molar-refractivity contribution is 0.0883. The number of nitrogens with two attached hydrogens (primary N) is 1. The highest BCUT2D eigenvalue weighted by Crippen LogP contribution is 2.39. The number of Topliss-reactive ketones (excluding diaryl/α,β-unsaturated/α-hetero) is 1. The van der Waals surface area contributed by atoms with Crippen molar-refractivity contribution in [2.24, 2.45) is 11.7 Å². The molecule has 2 N–H and O–H groups in total. The van der Waals surface area contributed by atoms with E-state index in [-0.39, 0.29) is 5.78 Å². The van der Waals surface area contributed by atoms with Crippen molar-refractivity contribution >= 4 is 16.7 Å². The molecule has 0 bridgehead atoms.